The molecule has 3 nitrogen and oxygen atoms in total. The van der Waals surface area contributed by atoms with Crippen LogP contribution in [0.2, 0.25) is 0 Å². The maximum Gasteiger partial charge on any atom is 0.379 e. The minimum atomic E-state index is -0.381. The molecule has 0 saturated heterocycles. The van der Waals surface area contributed by atoms with Crippen molar-refractivity contribution in [2.75, 3.05) is 6.61 Å². The van der Waals surface area contributed by atoms with Gasteiger partial charge in [0.05, 0.1) is 6.61 Å². The lowest BCUT2D eigenvalue weighted by Crippen LogP contribution is -2.12. The van der Waals surface area contributed by atoms with Crippen LogP contribution in [0.15, 0.2) is 45.6 Å². The number of ether oxygens (including phenoxy) is 1. The second-order valence-electron chi connectivity index (χ2n) is 4.01. The standard InChI is InChI=1S/C14H12O3/c15-14-13-11(7-2-1-5-9-16-13)10-6-3-4-8-12(10)17-14/h1-4,6,8H,5,7,9H2/b2-1-. The summed E-state index contributed by atoms with van der Waals surface area (Å²) in [6.07, 6.45) is 5.69. The molecule has 3 rings (SSSR count). The van der Waals surface area contributed by atoms with Crippen molar-refractivity contribution >= 4 is 11.0 Å². The number of rotatable bonds is 0. The van der Waals surface area contributed by atoms with E-state index in [1.165, 1.54) is 0 Å². The van der Waals surface area contributed by atoms with Gasteiger partial charge in [-0.25, -0.2) is 4.79 Å². The van der Waals surface area contributed by atoms with Crippen molar-refractivity contribution in [3.8, 4) is 5.75 Å². The van der Waals surface area contributed by atoms with Gasteiger partial charge in [0.15, 0.2) is 0 Å². The fourth-order valence-electron chi connectivity index (χ4n) is 2.09. The van der Waals surface area contributed by atoms with Crippen molar-refractivity contribution < 1.29 is 9.15 Å². The molecule has 1 aliphatic heterocycles. The zero-order chi connectivity index (χ0) is 11.7. The summed E-state index contributed by atoms with van der Waals surface area (Å²) in [5.74, 6) is 0.369. The summed E-state index contributed by atoms with van der Waals surface area (Å²) < 4.78 is 10.8. The molecule has 0 N–H and O–H groups in total. The molecule has 0 bridgehead atoms. The average molecular weight is 228 g/mol. The van der Waals surface area contributed by atoms with E-state index in [0.717, 1.165) is 17.4 Å². The molecule has 0 aliphatic carbocycles. The van der Waals surface area contributed by atoms with Crippen LogP contribution in [0.1, 0.15) is 12.0 Å². The second kappa shape index (κ2) is 4.09. The molecule has 1 aromatic heterocycles. The predicted molar refractivity (Wildman–Crippen MR) is 65.4 cm³/mol. The van der Waals surface area contributed by atoms with Crippen molar-refractivity contribution in [1.29, 1.82) is 0 Å². The van der Waals surface area contributed by atoms with Crippen molar-refractivity contribution in [2.24, 2.45) is 0 Å². The summed E-state index contributed by atoms with van der Waals surface area (Å²) in [7, 11) is 0. The van der Waals surface area contributed by atoms with E-state index >= 15 is 0 Å². The number of allylic oxidation sites excluding steroid dienone is 1. The number of benzene rings is 1. The molecule has 2 heterocycles. The van der Waals surface area contributed by atoms with Crippen LogP contribution in [0, 0.1) is 0 Å². The lowest BCUT2D eigenvalue weighted by Gasteiger charge is -2.12. The Balaban J connectivity index is 2.34. The molecular weight excluding hydrogens is 216 g/mol. The normalized spacial score (nSPS) is 16.7. The maximum atomic E-state index is 11.8. The SMILES string of the molecule is O=c1oc2ccccc2c2c1OCC/C=C\C2. The Kier molecular flexibility index (Phi) is 2.44. The summed E-state index contributed by atoms with van der Waals surface area (Å²) in [4.78, 5) is 11.8. The van der Waals surface area contributed by atoms with Gasteiger partial charge in [-0.15, -0.1) is 0 Å². The average Bonchev–Trinajstić information content (AvgIpc) is 2.29. The van der Waals surface area contributed by atoms with Gasteiger partial charge in [0, 0.05) is 10.9 Å². The highest BCUT2D eigenvalue weighted by atomic mass is 16.5. The van der Waals surface area contributed by atoms with Gasteiger partial charge in [-0.05, 0) is 18.9 Å². The number of hydrogen-bond donors (Lipinski definition) is 0. The lowest BCUT2D eigenvalue weighted by atomic mass is 10.1. The van der Waals surface area contributed by atoms with E-state index in [-0.39, 0.29) is 5.63 Å². The Bertz CT molecular complexity index is 637. The monoisotopic (exact) mass is 228 g/mol. The highest BCUT2D eigenvalue weighted by Crippen LogP contribution is 2.26. The lowest BCUT2D eigenvalue weighted by molar-refractivity contribution is 0.304. The third-order valence-electron chi connectivity index (χ3n) is 2.89. The van der Waals surface area contributed by atoms with Crippen LogP contribution in [-0.4, -0.2) is 6.61 Å². The minimum Gasteiger partial charge on any atom is -0.486 e. The summed E-state index contributed by atoms with van der Waals surface area (Å²) >= 11 is 0. The molecule has 17 heavy (non-hydrogen) atoms. The molecule has 86 valence electrons. The van der Waals surface area contributed by atoms with Gasteiger partial charge < -0.3 is 9.15 Å². The Morgan fingerprint density at radius 1 is 1.12 bits per heavy atom. The summed E-state index contributed by atoms with van der Waals surface area (Å²) in [5.41, 5.74) is 1.16. The van der Waals surface area contributed by atoms with Crippen LogP contribution in [0.5, 0.6) is 5.75 Å². The molecule has 0 amide bonds. The smallest absolute Gasteiger partial charge is 0.379 e. The highest BCUT2D eigenvalue weighted by Gasteiger charge is 2.15. The Hall–Kier alpha value is -2.03. The first-order valence-electron chi connectivity index (χ1n) is 5.69. The largest absolute Gasteiger partial charge is 0.486 e. The van der Waals surface area contributed by atoms with Crippen LogP contribution in [0.3, 0.4) is 0 Å². The van der Waals surface area contributed by atoms with Crippen LogP contribution in [0.25, 0.3) is 11.0 Å². The molecule has 0 atom stereocenters. The Morgan fingerprint density at radius 3 is 2.94 bits per heavy atom. The first-order valence-corrected chi connectivity index (χ1v) is 5.69. The van der Waals surface area contributed by atoms with Crippen molar-refractivity contribution in [1.82, 2.24) is 0 Å². The summed E-state index contributed by atoms with van der Waals surface area (Å²) in [6.45, 7) is 0.520. The fraction of sp³-hybridized carbons (Fsp3) is 0.214. The Labute approximate surface area is 98.3 Å². The number of fused-ring (bicyclic) bond motifs is 3. The summed E-state index contributed by atoms with van der Waals surface area (Å²) in [5, 5.41) is 0.952. The van der Waals surface area contributed by atoms with Crippen molar-refractivity contribution in [2.45, 2.75) is 12.8 Å². The molecule has 0 spiro atoms. The molecule has 0 radical (unpaired) electrons. The van der Waals surface area contributed by atoms with Crippen LogP contribution < -0.4 is 10.4 Å². The fourth-order valence-corrected chi connectivity index (χ4v) is 2.09. The van der Waals surface area contributed by atoms with E-state index < -0.39 is 0 Å². The van der Waals surface area contributed by atoms with Gasteiger partial charge in [0.25, 0.3) is 0 Å². The van der Waals surface area contributed by atoms with Crippen molar-refractivity contribution in [3.05, 3.63) is 52.4 Å². The van der Waals surface area contributed by atoms with E-state index in [0.29, 0.717) is 24.4 Å². The van der Waals surface area contributed by atoms with E-state index in [1.54, 1.807) is 6.07 Å². The van der Waals surface area contributed by atoms with E-state index in [1.807, 2.05) is 18.2 Å². The van der Waals surface area contributed by atoms with Crippen LogP contribution >= 0.6 is 0 Å². The zero-order valence-corrected chi connectivity index (χ0v) is 9.31. The van der Waals surface area contributed by atoms with Gasteiger partial charge in [0.1, 0.15) is 5.58 Å². The third kappa shape index (κ3) is 1.73. The molecule has 1 aromatic carbocycles. The topological polar surface area (TPSA) is 39.4 Å². The number of hydrogen-bond acceptors (Lipinski definition) is 3. The van der Waals surface area contributed by atoms with E-state index in [9.17, 15) is 4.79 Å². The minimum absolute atomic E-state index is 0.369. The second-order valence-corrected chi connectivity index (χ2v) is 4.01. The molecule has 2 aromatic rings. The third-order valence-corrected chi connectivity index (χ3v) is 2.89. The van der Waals surface area contributed by atoms with Crippen LogP contribution in [0.4, 0.5) is 0 Å². The van der Waals surface area contributed by atoms with Gasteiger partial charge >= 0.3 is 5.63 Å². The van der Waals surface area contributed by atoms with Gasteiger partial charge in [0.2, 0.25) is 5.75 Å². The quantitative estimate of drug-likeness (QED) is 0.514. The molecule has 1 aliphatic rings. The molecule has 3 heteroatoms. The predicted octanol–water partition coefficient (Wildman–Crippen LogP) is 2.67. The highest BCUT2D eigenvalue weighted by molar-refractivity contribution is 5.82. The molecule has 0 fully saturated rings. The zero-order valence-electron chi connectivity index (χ0n) is 9.31. The first kappa shape index (κ1) is 10.1. The van der Waals surface area contributed by atoms with Gasteiger partial charge in [-0.1, -0.05) is 30.4 Å². The Morgan fingerprint density at radius 2 is 2.00 bits per heavy atom. The van der Waals surface area contributed by atoms with Gasteiger partial charge in [-0.2, -0.15) is 0 Å². The maximum absolute atomic E-state index is 11.8. The molecular formula is C14H12O3. The van der Waals surface area contributed by atoms with E-state index in [2.05, 4.69) is 12.2 Å². The van der Waals surface area contributed by atoms with Crippen molar-refractivity contribution in [3.63, 3.8) is 0 Å². The van der Waals surface area contributed by atoms with Gasteiger partial charge in [-0.3, -0.25) is 0 Å². The molecule has 0 saturated carbocycles. The van der Waals surface area contributed by atoms with E-state index in [4.69, 9.17) is 9.15 Å². The van der Waals surface area contributed by atoms with Crippen LogP contribution in [-0.2, 0) is 6.42 Å². The summed E-state index contributed by atoms with van der Waals surface area (Å²) in [6, 6.07) is 7.55. The first-order chi connectivity index (χ1) is 8.36. The number of para-hydroxylation sites is 1. The molecule has 0 unspecified atom stereocenters.